The van der Waals surface area contributed by atoms with Crippen LogP contribution >= 0.6 is 0 Å². The topological polar surface area (TPSA) is 64.3 Å². The number of benzene rings is 2. The first-order valence-corrected chi connectivity index (χ1v) is 6.38. The SMILES string of the molecule is COC(=O)c1ccc(NCc2ccccc2)c(N)c1C. The van der Waals surface area contributed by atoms with E-state index in [0.717, 1.165) is 11.3 Å². The van der Waals surface area contributed by atoms with E-state index in [1.807, 2.05) is 37.3 Å². The molecule has 0 heterocycles. The van der Waals surface area contributed by atoms with Crippen LogP contribution in [0.15, 0.2) is 42.5 Å². The minimum atomic E-state index is -0.371. The van der Waals surface area contributed by atoms with E-state index in [1.54, 1.807) is 12.1 Å². The third-order valence-corrected chi connectivity index (χ3v) is 3.25. The number of nitrogen functional groups attached to an aromatic ring is 1. The predicted octanol–water partition coefficient (Wildman–Crippen LogP) is 2.98. The maximum absolute atomic E-state index is 11.6. The van der Waals surface area contributed by atoms with Gasteiger partial charge in [0.15, 0.2) is 0 Å². The number of hydrogen-bond acceptors (Lipinski definition) is 4. The van der Waals surface area contributed by atoms with Gasteiger partial charge in [0.2, 0.25) is 0 Å². The molecule has 0 radical (unpaired) electrons. The first-order valence-electron chi connectivity index (χ1n) is 6.38. The van der Waals surface area contributed by atoms with Crippen LogP contribution in [0.25, 0.3) is 0 Å². The van der Waals surface area contributed by atoms with Crippen LogP contribution in [0, 0.1) is 6.92 Å². The summed E-state index contributed by atoms with van der Waals surface area (Å²) in [6, 6.07) is 13.6. The molecule has 2 rings (SSSR count). The molecule has 0 atom stereocenters. The van der Waals surface area contributed by atoms with Gasteiger partial charge in [0.1, 0.15) is 0 Å². The average molecular weight is 270 g/mol. The number of esters is 1. The second kappa shape index (κ2) is 6.10. The fourth-order valence-electron chi connectivity index (χ4n) is 2.01. The minimum absolute atomic E-state index is 0.371. The summed E-state index contributed by atoms with van der Waals surface area (Å²) in [6.07, 6.45) is 0. The van der Waals surface area contributed by atoms with Crippen molar-refractivity contribution in [3.63, 3.8) is 0 Å². The van der Waals surface area contributed by atoms with E-state index in [1.165, 1.54) is 12.7 Å². The van der Waals surface area contributed by atoms with Gasteiger partial charge in [0.05, 0.1) is 24.0 Å². The quantitative estimate of drug-likeness (QED) is 0.662. The molecule has 0 saturated carbocycles. The van der Waals surface area contributed by atoms with Crippen LogP contribution in [0.4, 0.5) is 11.4 Å². The van der Waals surface area contributed by atoms with Crippen molar-refractivity contribution in [2.45, 2.75) is 13.5 Å². The van der Waals surface area contributed by atoms with Crippen molar-refractivity contribution >= 4 is 17.3 Å². The summed E-state index contributed by atoms with van der Waals surface area (Å²) in [5, 5.41) is 3.28. The van der Waals surface area contributed by atoms with Gasteiger partial charge in [0, 0.05) is 6.54 Å². The summed E-state index contributed by atoms with van der Waals surface area (Å²) in [7, 11) is 1.36. The highest BCUT2D eigenvalue weighted by molar-refractivity contribution is 5.94. The number of nitrogens with one attached hydrogen (secondary N) is 1. The van der Waals surface area contributed by atoms with Gasteiger partial charge in [-0.05, 0) is 30.2 Å². The van der Waals surface area contributed by atoms with Crippen LogP contribution in [0.2, 0.25) is 0 Å². The summed E-state index contributed by atoms with van der Waals surface area (Å²) in [4.78, 5) is 11.6. The molecule has 2 aromatic rings. The third kappa shape index (κ3) is 2.91. The fraction of sp³-hybridized carbons (Fsp3) is 0.188. The van der Waals surface area contributed by atoms with Gasteiger partial charge in [-0.2, -0.15) is 0 Å². The molecular formula is C16H18N2O2. The van der Waals surface area contributed by atoms with E-state index in [4.69, 9.17) is 10.5 Å². The number of anilines is 2. The van der Waals surface area contributed by atoms with E-state index in [0.29, 0.717) is 17.8 Å². The molecule has 0 aliphatic carbocycles. The average Bonchev–Trinajstić information content (AvgIpc) is 2.49. The molecule has 20 heavy (non-hydrogen) atoms. The summed E-state index contributed by atoms with van der Waals surface area (Å²) in [6.45, 7) is 2.50. The first kappa shape index (κ1) is 13.9. The molecule has 0 aromatic heterocycles. The molecule has 4 heteroatoms. The van der Waals surface area contributed by atoms with Crippen molar-refractivity contribution in [1.82, 2.24) is 0 Å². The second-order valence-electron chi connectivity index (χ2n) is 4.53. The Morgan fingerprint density at radius 1 is 1.20 bits per heavy atom. The lowest BCUT2D eigenvalue weighted by Gasteiger charge is -2.13. The largest absolute Gasteiger partial charge is 0.465 e. The molecule has 0 saturated heterocycles. The number of carbonyl (C=O) groups excluding carboxylic acids is 1. The molecule has 3 N–H and O–H groups in total. The normalized spacial score (nSPS) is 10.1. The molecule has 0 aliphatic heterocycles. The first-order chi connectivity index (χ1) is 9.63. The van der Waals surface area contributed by atoms with Crippen molar-refractivity contribution in [2.75, 3.05) is 18.2 Å². The van der Waals surface area contributed by atoms with Crippen LogP contribution < -0.4 is 11.1 Å². The van der Waals surface area contributed by atoms with Gasteiger partial charge < -0.3 is 15.8 Å². The number of hydrogen-bond donors (Lipinski definition) is 2. The highest BCUT2D eigenvalue weighted by Crippen LogP contribution is 2.26. The van der Waals surface area contributed by atoms with Crippen LogP contribution in [0.1, 0.15) is 21.5 Å². The molecule has 0 amide bonds. The van der Waals surface area contributed by atoms with Crippen LogP contribution in [-0.2, 0) is 11.3 Å². The molecule has 0 aliphatic rings. The molecule has 104 valence electrons. The summed E-state index contributed by atoms with van der Waals surface area (Å²) >= 11 is 0. The molecule has 0 spiro atoms. The Balaban J connectivity index is 2.18. The number of rotatable bonds is 4. The van der Waals surface area contributed by atoms with E-state index in [9.17, 15) is 4.79 Å². The standard InChI is InChI=1S/C16H18N2O2/c1-11-13(16(19)20-2)8-9-14(15(11)17)18-10-12-6-4-3-5-7-12/h3-9,18H,10,17H2,1-2H3. The Bertz CT molecular complexity index is 609. The van der Waals surface area contributed by atoms with Gasteiger partial charge in [-0.25, -0.2) is 4.79 Å². The Labute approximate surface area is 118 Å². The molecular weight excluding hydrogens is 252 g/mol. The zero-order valence-corrected chi connectivity index (χ0v) is 11.6. The van der Waals surface area contributed by atoms with Crippen LogP contribution in [0.5, 0.6) is 0 Å². The lowest BCUT2D eigenvalue weighted by molar-refractivity contribution is 0.0600. The van der Waals surface area contributed by atoms with E-state index in [-0.39, 0.29) is 5.97 Å². The van der Waals surface area contributed by atoms with Crippen molar-refractivity contribution in [3.8, 4) is 0 Å². The third-order valence-electron chi connectivity index (χ3n) is 3.25. The van der Waals surface area contributed by atoms with E-state index < -0.39 is 0 Å². The Morgan fingerprint density at radius 3 is 2.55 bits per heavy atom. The van der Waals surface area contributed by atoms with Crippen molar-refractivity contribution in [3.05, 3.63) is 59.2 Å². The Kier molecular flexibility index (Phi) is 4.25. The highest BCUT2D eigenvalue weighted by atomic mass is 16.5. The Morgan fingerprint density at radius 2 is 1.90 bits per heavy atom. The van der Waals surface area contributed by atoms with Gasteiger partial charge in [-0.15, -0.1) is 0 Å². The number of carbonyl (C=O) groups is 1. The maximum atomic E-state index is 11.6. The Hall–Kier alpha value is -2.49. The zero-order valence-electron chi connectivity index (χ0n) is 11.6. The maximum Gasteiger partial charge on any atom is 0.338 e. The molecule has 0 unspecified atom stereocenters. The van der Waals surface area contributed by atoms with Crippen LogP contribution in [0.3, 0.4) is 0 Å². The molecule has 0 fully saturated rings. The highest BCUT2D eigenvalue weighted by Gasteiger charge is 2.13. The molecule has 0 bridgehead atoms. The summed E-state index contributed by atoms with van der Waals surface area (Å²) in [5.74, 6) is -0.371. The molecule has 4 nitrogen and oxygen atoms in total. The lowest BCUT2D eigenvalue weighted by atomic mass is 10.1. The van der Waals surface area contributed by atoms with Crippen molar-refractivity contribution < 1.29 is 9.53 Å². The number of nitrogens with two attached hydrogens (primary N) is 1. The lowest BCUT2D eigenvalue weighted by Crippen LogP contribution is -2.09. The second-order valence-corrected chi connectivity index (χ2v) is 4.53. The summed E-state index contributed by atoms with van der Waals surface area (Å²) in [5.41, 5.74) is 9.86. The van der Waals surface area contributed by atoms with E-state index >= 15 is 0 Å². The number of methoxy groups -OCH3 is 1. The van der Waals surface area contributed by atoms with Gasteiger partial charge >= 0.3 is 5.97 Å². The molecule has 2 aromatic carbocycles. The summed E-state index contributed by atoms with van der Waals surface area (Å²) < 4.78 is 4.73. The monoisotopic (exact) mass is 270 g/mol. The minimum Gasteiger partial charge on any atom is -0.465 e. The van der Waals surface area contributed by atoms with Crippen molar-refractivity contribution in [1.29, 1.82) is 0 Å². The zero-order chi connectivity index (χ0) is 14.5. The van der Waals surface area contributed by atoms with E-state index in [2.05, 4.69) is 5.32 Å². The van der Waals surface area contributed by atoms with Crippen LogP contribution in [-0.4, -0.2) is 13.1 Å². The number of ether oxygens (including phenoxy) is 1. The smallest absolute Gasteiger partial charge is 0.338 e. The fourth-order valence-corrected chi connectivity index (χ4v) is 2.01. The van der Waals surface area contributed by atoms with Gasteiger partial charge in [0.25, 0.3) is 0 Å². The van der Waals surface area contributed by atoms with Gasteiger partial charge in [-0.3, -0.25) is 0 Å². The van der Waals surface area contributed by atoms with Crippen molar-refractivity contribution in [2.24, 2.45) is 0 Å². The predicted molar refractivity (Wildman–Crippen MR) is 80.7 cm³/mol. The van der Waals surface area contributed by atoms with Gasteiger partial charge in [-0.1, -0.05) is 30.3 Å².